The highest BCUT2D eigenvalue weighted by Crippen LogP contribution is 2.23. The topological polar surface area (TPSA) is 60.8 Å². The summed E-state index contributed by atoms with van der Waals surface area (Å²) in [4.78, 5) is 14.8. The molecule has 0 aliphatic rings. The first-order chi connectivity index (χ1) is 15.0. The fraction of sp³-hybridized carbons (Fsp3) is 0.130. The fourth-order valence-corrected chi connectivity index (χ4v) is 2.45. The highest BCUT2D eigenvalue weighted by Gasteiger charge is 2.15. The Balaban J connectivity index is 0.000000176. The van der Waals surface area contributed by atoms with Crippen molar-refractivity contribution in [3.05, 3.63) is 107 Å². The van der Waals surface area contributed by atoms with Gasteiger partial charge in [-0.2, -0.15) is 0 Å². The third-order valence-electron chi connectivity index (χ3n) is 4.12. The second-order valence-corrected chi connectivity index (χ2v) is 6.36. The SMILES string of the molecule is [C-]#[N+]C(C)c1coc(-c2ccc(F)cc2)n1.[C-]#[N+]Cc1coc(-c2ccc(F)cc2)n1. The molecular formula is C23H16F2N4O2. The minimum Gasteiger partial charge on any atom is -0.444 e. The van der Waals surface area contributed by atoms with Gasteiger partial charge in [0, 0.05) is 18.1 Å². The number of benzene rings is 2. The average molecular weight is 418 g/mol. The molecule has 4 rings (SSSR count). The molecule has 0 bridgehead atoms. The number of hydrogen-bond acceptors (Lipinski definition) is 4. The summed E-state index contributed by atoms with van der Waals surface area (Å²) in [5.41, 5.74) is 2.58. The summed E-state index contributed by atoms with van der Waals surface area (Å²) in [6.07, 6.45) is 2.90. The molecular weight excluding hydrogens is 402 g/mol. The smallest absolute Gasteiger partial charge is 0.265 e. The minimum atomic E-state index is -0.321. The van der Waals surface area contributed by atoms with E-state index in [9.17, 15) is 8.78 Å². The first-order valence-electron chi connectivity index (χ1n) is 9.11. The Morgan fingerprint density at radius 2 is 1.35 bits per heavy atom. The molecule has 0 N–H and O–H groups in total. The van der Waals surface area contributed by atoms with Crippen molar-refractivity contribution >= 4 is 0 Å². The second-order valence-electron chi connectivity index (χ2n) is 6.36. The van der Waals surface area contributed by atoms with Gasteiger partial charge in [-0.05, 0) is 48.5 Å². The van der Waals surface area contributed by atoms with E-state index >= 15 is 0 Å². The van der Waals surface area contributed by atoms with Crippen LogP contribution in [-0.4, -0.2) is 9.97 Å². The Morgan fingerprint density at radius 1 is 0.839 bits per heavy atom. The van der Waals surface area contributed by atoms with Gasteiger partial charge in [-0.1, -0.05) is 0 Å². The molecule has 0 fully saturated rings. The highest BCUT2D eigenvalue weighted by molar-refractivity contribution is 5.53. The van der Waals surface area contributed by atoms with Crippen LogP contribution in [0.2, 0.25) is 0 Å². The molecule has 0 aliphatic carbocycles. The second kappa shape index (κ2) is 9.95. The third kappa shape index (κ3) is 5.62. The lowest BCUT2D eigenvalue weighted by Crippen LogP contribution is -1.86. The standard InChI is InChI=1S/C12H9FN2O.C11H7FN2O/c1-8(14-2)11-7-16-12(15-11)9-3-5-10(13)6-4-9;1-13-6-10-7-15-11(14-10)8-2-4-9(12)5-3-8/h3-8H,1H3;2-5,7H,6H2. The summed E-state index contributed by atoms with van der Waals surface area (Å²) in [5, 5.41) is 0. The Morgan fingerprint density at radius 3 is 1.87 bits per heavy atom. The molecule has 1 unspecified atom stereocenters. The van der Waals surface area contributed by atoms with Gasteiger partial charge in [0.2, 0.25) is 11.8 Å². The van der Waals surface area contributed by atoms with Crippen LogP contribution >= 0.6 is 0 Å². The van der Waals surface area contributed by atoms with E-state index in [4.69, 9.17) is 22.0 Å². The zero-order valence-electron chi connectivity index (χ0n) is 16.4. The van der Waals surface area contributed by atoms with Gasteiger partial charge >= 0.3 is 0 Å². The summed E-state index contributed by atoms with van der Waals surface area (Å²) >= 11 is 0. The molecule has 1 atom stereocenters. The van der Waals surface area contributed by atoms with Crippen molar-refractivity contribution in [2.75, 3.05) is 0 Å². The van der Waals surface area contributed by atoms with Gasteiger partial charge in [0.05, 0.1) is 0 Å². The number of halogens is 2. The summed E-state index contributed by atoms with van der Waals surface area (Å²) in [5.74, 6) is 0.218. The van der Waals surface area contributed by atoms with Crippen LogP contribution in [-0.2, 0) is 6.54 Å². The van der Waals surface area contributed by atoms with E-state index in [0.717, 1.165) is 0 Å². The van der Waals surface area contributed by atoms with Crippen molar-refractivity contribution in [1.29, 1.82) is 0 Å². The Labute approximate surface area is 177 Å². The molecule has 0 spiro atoms. The van der Waals surface area contributed by atoms with Crippen LogP contribution in [0.15, 0.2) is 69.9 Å². The molecule has 0 saturated carbocycles. The van der Waals surface area contributed by atoms with Gasteiger partial charge in [-0.15, -0.1) is 0 Å². The molecule has 2 heterocycles. The van der Waals surface area contributed by atoms with Crippen molar-refractivity contribution in [2.24, 2.45) is 0 Å². The maximum atomic E-state index is 12.7. The average Bonchev–Trinajstić information content (AvgIpc) is 3.45. The van der Waals surface area contributed by atoms with E-state index < -0.39 is 0 Å². The predicted octanol–water partition coefficient (Wildman–Crippen LogP) is 6.36. The molecule has 6 nitrogen and oxygen atoms in total. The van der Waals surface area contributed by atoms with Gasteiger partial charge in [0.15, 0.2) is 11.4 Å². The predicted molar refractivity (Wildman–Crippen MR) is 109 cm³/mol. The van der Waals surface area contributed by atoms with E-state index in [-0.39, 0.29) is 24.2 Å². The number of nitrogens with zero attached hydrogens (tertiary/aromatic N) is 4. The third-order valence-corrected chi connectivity index (χ3v) is 4.12. The van der Waals surface area contributed by atoms with E-state index in [1.165, 1.54) is 36.8 Å². The van der Waals surface area contributed by atoms with Crippen molar-refractivity contribution in [2.45, 2.75) is 19.5 Å². The lowest BCUT2D eigenvalue weighted by molar-refractivity contribution is 0.571. The monoisotopic (exact) mass is 418 g/mol. The molecule has 0 saturated heterocycles. The fourth-order valence-electron chi connectivity index (χ4n) is 2.45. The van der Waals surface area contributed by atoms with Crippen LogP contribution in [0.5, 0.6) is 0 Å². The molecule has 0 radical (unpaired) electrons. The van der Waals surface area contributed by atoms with E-state index in [1.807, 2.05) is 0 Å². The maximum Gasteiger partial charge on any atom is 0.265 e. The van der Waals surface area contributed by atoms with Crippen LogP contribution in [0, 0.1) is 24.8 Å². The molecule has 2 aromatic carbocycles. The maximum absolute atomic E-state index is 12.7. The van der Waals surface area contributed by atoms with Crippen LogP contribution in [0.25, 0.3) is 32.6 Å². The van der Waals surface area contributed by atoms with Crippen molar-refractivity contribution in [1.82, 2.24) is 9.97 Å². The number of rotatable bonds is 4. The molecule has 4 aromatic rings. The van der Waals surface area contributed by atoms with E-state index in [0.29, 0.717) is 34.3 Å². The van der Waals surface area contributed by atoms with E-state index in [1.54, 1.807) is 31.2 Å². The molecule has 0 aliphatic heterocycles. The van der Waals surface area contributed by atoms with Gasteiger partial charge in [0.25, 0.3) is 12.6 Å². The minimum absolute atomic E-state index is 0.199. The largest absolute Gasteiger partial charge is 0.444 e. The van der Waals surface area contributed by atoms with Crippen molar-refractivity contribution in [3.63, 3.8) is 0 Å². The molecule has 0 amide bonds. The Bertz CT molecular complexity index is 1220. The molecule has 8 heteroatoms. The molecule has 2 aromatic heterocycles. The van der Waals surface area contributed by atoms with Gasteiger partial charge in [-0.3, -0.25) is 0 Å². The van der Waals surface area contributed by atoms with Gasteiger partial charge in [-0.25, -0.2) is 31.9 Å². The number of hydrogen-bond donors (Lipinski definition) is 0. The summed E-state index contributed by atoms with van der Waals surface area (Å²) in [6, 6.07) is 11.4. The zero-order chi connectivity index (χ0) is 22.2. The Hall–Kier alpha value is -4.30. The van der Waals surface area contributed by atoms with Crippen molar-refractivity contribution < 1.29 is 17.6 Å². The normalized spacial score (nSPS) is 11.0. The molecule has 31 heavy (non-hydrogen) atoms. The lowest BCUT2D eigenvalue weighted by atomic mass is 10.2. The van der Waals surface area contributed by atoms with Crippen LogP contribution in [0.3, 0.4) is 0 Å². The summed E-state index contributed by atoms with van der Waals surface area (Å²) < 4.78 is 35.7. The molecule has 154 valence electrons. The summed E-state index contributed by atoms with van der Waals surface area (Å²) in [7, 11) is 0. The number of aromatic nitrogens is 2. The van der Waals surface area contributed by atoms with Crippen LogP contribution in [0.1, 0.15) is 24.4 Å². The van der Waals surface area contributed by atoms with Crippen LogP contribution in [0.4, 0.5) is 8.78 Å². The number of oxazole rings is 2. The first-order valence-corrected chi connectivity index (χ1v) is 9.11. The highest BCUT2D eigenvalue weighted by atomic mass is 19.1. The van der Waals surface area contributed by atoms with Gasteiger partial charge < -0.3 is 18.5 Å². The van der Waals surface area contributed by atoms with E-state index in [2.05, 4.69) is 19.7 Å². The van der Waals surface area contributed by atoms with Gasteiger partial charge in [0.1, 0.15) is 24.2 Å². The van der Waals surface area contributed by atoms with Crippen molar-refractivity contribution in [3.8, 4) is 22.9 Å². The summed E-state index contributed by atoms with van der Waals surface area (Å²) in [6.45, 7) is 15.5. The Kier molecular flexibility index (Phi) is 6.87. The first kappa shape index (κ1) is 21.4. The lowest BCUT2D eigenvalue weighted by Gasteiger charge is -1.94. The zero-order valence-corrected chi connectivity index (χ0v) is 16.4. The quantitative estimate of drug-likeness (QED) is 0.362. The van der Waals surface area contributed by atoms with Crippen LogP contribution < -0.4 is 0 Å².